The van der Waals surface area contributed by atoms with Gasteiger partial charge in [0, 0.05) is 5.56 Å². The summed E-state index contributed by atoms with van der Waals surface area (Å²) in [4.78, 5) is 0. The minimum absolute atomic E-state index is 0.694. The monoisotopic (exact) mass is 277 g/mol. The van der Waals surface area contributed by atoms with E-state index in [9.17, 15) is 0 Å². The van der Waals surface area contributed by atoms with E-state index in [-0.39, 0.29) is 0 Å². The Bertz CT molecular complexity index is 740. The van der Waals surface area contributed by atoms with Gasteiger partial charge in [0.15, 0.2) is 0 Å². The molecule has 0 aliphatic rings. The molecule has 3 rings (SSSR count). The molecule has 0 unspecified atom stereocenters. The lowest BCUT2D eigenvalue weighted by molar-refractivity contribution is 0.689. The maximum absolute atomic E-state index is 6.32. The van der Waals surface area contributed by atoms with Crippen molar-refractivity contribution in [1.29, 1.82) is 0 Å². The van der Waals surface area contributed by atoms with Crippen LogP contribution in [0.3, 0.4) is 0 Å². The summed E-state index contributed by atoms with van der Waals surface area (Å²) in [6.07, 6.45) is 0. The van der Waals surface area contributed by atoms with Gasteiger partial charge in [0.1, 0.15) is 5.82 Å². The van der Waals surface area contributed by atoms with Gasteiger partial charge in [-0.15, -0.1) is 0 Å². The van der Waals surface area contributed by atoms with Gasteiger partial charge in [0.05, 0.1) is 12.2 Å². The summed E-state index contributed by atoms with van der Waals surface area (Å²) in [6, 6.07) is 18.6. The Morgan fingerprint density at radius 2 is 1.62 bits per heavy atom. The van der Waals surface area contributed by atoms with Gasteiger partial charge in [-0.1, -0.05) is 60.2 Å². The highest BCUT2D eigenvalue weighted by molar-refractivity contribution is 5.76. The number of nitrogen functional groups attached to an aromatic ring is 1. The number of rotatable bonds is 3. The molecule has 1 heterocycles. The molecule has 0 atom stereocenters. The largest absolute Gasteiger partial charge is 0.383 e. The standard InChI is InChI=1S/C18H19N3/c1-13-8-10-16(11-9-13)17-14(2)20-21(18(17)19)12-15-6-4-3-5-7-15/h3-11H,12,19H2,1-2H3. The fourth-order valence-corrected chi connectivity index (χ4v) is 2.55. The van der Waals surface area contributed by atoms with E-state index in [1.165, 1.54) is 11.1 Å². The molecule has 0 saturated heterocycles. The third-order valence-electron chi connectivity index (χ3n) is 3.68. The third kappa shape index (κ3) is 2.68. The SMILES string of the molecule is Cc1ccc(-c2c(C)nn(Cc3ccccc3)c2N)cc1. The zero-order valence-electron chi connectivity index (χ0n) is 12.4. The van der Waals surface area contributed by atoms with E-state index >= 15 is 0 Å². The van der Waals surface area contributed by atoms with E-state index in [1.807, 2.05) is 29.8 Å². The average Bonchev–Trinajstić information content (AvgIpc) is 2.76. The summed E-state index contributed by atoms with van der Waals surface area (Å²) in [5, 5.41) is 4.60. The Hall–Kier alpha value is -2.55. The fourth-order valence-electron chi connectivity index (χ4n) is 2.55. The number of aryl methyl sites for hydroxylation is 2. The van der Waals surface area contributed by atoms with E-state index in [1.54, 1.807) is 0 Å². The van der Waals surface area contributed by atoms with Gasteiger partial charge < -0.3 is 5.73 Å². The van der Waals surface area contributed by atoms with Gasteiger partial charge in [0.25, 0.3) is 0 Å². The first-order valence-corrected chi connectivity index (χ1v) is 7.09. The topological polar surface area (TPSA) is 43.8 Å². The van der Waals surface area contributed by atoms with Gasteiger partial charge in [0.2, 0.25) is 0 Å². The normalized spacial score (nSPS) is 10.8. The molecule has 0 fully saturated rings. The number of benzene rings is 2. The Morgan fingerprint density at radius 3 is 2.29 bits per heavy atom. The zero-order valence-corrected chi connectivity index (χ0v) is 12.4. The van der Waals surface area contributed by atoms with Crippen LogP contribution < -0.4 is 5.73 Å². The summed E-state index contributed by atoms with van der Waals surface area (Å²) in [5.74, 6) is 0.722. The maximum Gasteiger partial charge on any atom is 0.130 e. The van der Waals surface area contributed by atoms with E-state index < -0.39 is 0 Å². The predicted octanol–water partition coefficient (Wildman–Crippen LogP) is 3.80. The summed E-state index contributed by atoms with van der Waals surface area (Å²) >= 11 is 0. The molecule has 0 spiro atoms. The second-order valence-corrected chi connectivity index (χ2v) is 5.35. The van der Waals surface area contributed by atoms with Gasteiger partial charge in [-0.3, -0.25) is 0 Å². The summed E-state index contributed by atoms with van der Waals surface area (Å²) in [6.45, 7) is 4.78. The Kier molecular flexibility index (Phi) is 3.48. The van der Waals surface area contributed by atoms with Crippen LogP contribution in [-0.2, 0) is 6.54 Å². The molecule has 2 aromatic carbocycles. The minimum atomic E-state index is 0.694. The molecule has 0 aliphatic heterocycles. The van der Waals surface area contributed by atoms with Crippen molar-refractivity contribution in [3.63, 3.8) is 0 Å². The molecule has 0 bridgehead atoms. The number of nitrogens with zero attached hydrogens (tertiary/aromatic N) is 2. The fraction of sp³-hybridized carbons (Fsp3) is 0.167. The van der Waals surface area contributed by atoms with Crippen molar-refractivity contribution in [2.24, 2.45) is 0 Å². The molecule has 106 valence electrons. The molecule has 3 nitrogen and oxygen atoms in total. The highest BCUT2D eigenvalue weighted by Gasteiger charge is 2.14. The van der Waals surface area contributed by atoms with Crippen molar-refractivity contribution in [3.05, 3.63) is 71.4 Å². The Balaban J connectivity index is 1.98. The van der Waals surface area contributed by atoms with Crippen LogP contribution in [0.15, 0.2) is 54.6 Å². The quantitative estimate of drug-likeness (QED) is 0.791. The summed E-state index contributed by atoms with van der Waals surface area (Å²) in [5.41, 5.74) is 11.9. The maximum atomic E-state index is 6.32. The number of hydrogen-bond acceptors (Lipinski definition) is 2. The molecular formula is C18H19N3. The predicted molar refractivity (Wildman–Crippen MR) is 87.1 cm³/mol. The smallest absolute Gasteiger partial charge is 0.130 e. The lowest BCUT2D eigenvalue weighted by atomic mass is 10.0. The first-order valence-electron chi connectivity index (χ1n) is 7.09. The molecule has 21 heavy (non-hydrogen) atoms. The van der Waals surface area contributed by atoms with Crippen LogP contribution >= 0.6 is 0 Å². The van der Waals surface area contributed by atoms with Crippen LogP contribution in [0.2, 0.25) is 0 Å². The summed E-state index contributed by atoms with van der Waals surface area (Å²) < 4.78 is 1.87. The van der Waals surface area contributed by atoms with Crippen LogP contribution in [0.1, 0.15) is 16.8 Å². The van der Waals surface area contributed by atoms with Crippen molar-refractivity contribution >= 4 is 5.82 Å². The molecular weight excluding hydrogens is 258 g/mol. The lowest BCUT2D eigenvalue weighted by Gasteiger charge is -2.06. The molecule has 3 heteroatoms. The lowest BCUT2D eigenvalue weighted by Crippen LogP contribution is -2.06. The first kappa shape index (κ1) is 13.4. The number of nitrogens with two attached hydrogens (primary N) is 1. The minimum Gasteiger partial charge on any atom is -0.383 e. The molecule has 0 aliphatic carbocycles. The zero-order chi connectivity index (χ0) is 14.8. The van der Waals surface area contributed by atoms with Crippen LogP contribution in [0.5, 0.6) is 0 Å². The van der Waals surface area contributed by atoms with Gasteiger partial charge in [-0.05, 0) is 25.0 Å². The Labute approximate surface area is 125 Å². The highest BCUT2D eigenvalue weighted by atomic mass is 15.3. The average molecular weight is 277 g/mol. The molecule has 2 N–H and O–H groups in total. The van der Waals surface area contributed by atoms with Crippen molar-refractivity contribution in [1.82, 2.24) is 9.78 Å². The Morgan fingerprint density at radius 1 is 0.952 bits per heavy atom. The van der Waals surface area contributed by atoms with Crippen molar-refractivity contribution in [2.75, 3.05) is 5.73 Å². The molecule has 0 amide bonds. The van der Waals surface area contributed by atoms with Gasteiger partial charge in [-0.25, -0.2) is 4.68 Å². The number of aromatic nitrogens is 2. The number of anilines is 1. The van der Waals surface area contributed by atoms with Crippen molar-refractivity contribution < 1.29 is 0 Å². The van der Waals surface area contributed by atoms with Crippen molar-refractivity contribution in [2.45, 2.75) is 20.4 Å². The second kappa shape index (κ2) is 5.44. The van der Waals surface area contributed by atoms with Crippen molar-refractivity contribution in [3.8, 4) is 11.1 Å². The van der Waals surface area contributed by atoms with E-state index in [4.69, 9.17) is 5.73 Å². The first-order chi connectivity index (χ1) is 10.1. The highest BCUT2D eigenvalue weighted by Crippen LogP contribution is 2.29. The summed E-state index contributed by atoms with van der Waals surface area (Å²) in [7, 11) is 0. The second-order valence-electron chi connectivity index (χ2n) is 5.35. The van der Waals surface area contributed by atoms with Crippen LogP contribution in [0, 0.1) is 13.8 Å². The van der Waals surface area contributed by atoms with E-state index in [0.717, 1.165) is 22.6 Å². The van der Waals surface area contributed by atoms with Crippen LogP contribution in [0.25, 0.3) is 11.1 Å². The molecule has 0 saturated carbocycles. The third-order valence-corrected chi connectivity index (χ3v) is 3.68. The van der Waals surface area contributed by atoms with Gasteiger partial charge in [-0.2, -0.15) is 5.10 Å². The van der Waals surface area contributed by atoms with Crippen LogP contribution in [0.4, 0.5) is 5.82 Å². The van der Waals surface area contributed by atoms with E-state index in [0.29, 0.717) is 6.54 Å². The van der Waals surface area contributed by atoms with Crippen LogP contribution in [-0.4, -0.2) is 9.78 Å². The molecule has 0 radical (unpaired) electrons. The van der Waals surface area contributed by atoms with Gasteiger partial charge >= 0.3 is 0 Å². The van der Waals surface area contributed by atoms with E-state index in [2.05, 4.69) is 48.4 Å². The molecule has 3 aromatic rings. The number of hydrogen-bond donors (Lipinski definition) is 1. The molecule has 1 aromatic heterocycles.